The molecule has 1 unspecified atom stereocenters. The highest BCUT2D eigenvalue weighted by Crippen LogP contribution is 2.66. The Morgan fingerprint density at radius 1 is 0.867 bits per heavy atom. The highest BCUT2D eigenvalue weighted by atomic mass is 35.5. The Balaban J connectivity index is 3.30. The standard InChI is InChI=1S/C6H3Cl7F2/c7-2-1-3(14,15)5(10,11)6(12,13)4(2,8)9/h2H,1H2. The monoisotopic (exact) mass is 358 g/mol. The lowest BCUT2D eigenvalue weighted by Gasteiger charge is -2.51. The van der Waals surface area contributed by atoms with E-state index in [1.165, 1.54) is 0 Å². The molecule has 0 aliphatic heterocycles. The van der Waals surface area contributed by atoms with Gasteiger partial charge in [0.1, 0.15) is 0 Å². The predicted octanol–water partition coefficient (Wildman–Crippen LogP) is 5.15. The van der Waals surface area contributed by atoms with Crippen molar-refractivity contribution in [3.8, 4) is 0 Å². The molecular formula is C6H3Cl7F2. The molecule has 1 aliphatic carbocycles. The number of hydrogen-bond donors (Lipinski definition) is 0. The molecule has 0 saturated heterocycles. The molecule has 0 N–H and O–H groups in total. The normalized spacial score (nSPS) is 36.2. The van der Waals surface area contributed by atoms with E-state index in [4.69, 9.17) is 81.2 Å². The van der Waals surface area contributed by atoms with Crippen LogP contribution in [0.4, 0.5) is 8.78 Å². The van der Waals surface area contributed by atoms with Crippen LogP contribution in [0.3, 0.4) is 0 Å². The Hall–Kier alpha value is 1.89. The third kappa shape index (κ3) is 1.93. The molecule has 0 spiro atoms. The van der Waals surface area contributed by atoms with Crippen molar-refractivity contribution in [3.63, 3.8) is 0 Å². The summed E-state index contributed by atoms with van der Waals surface area (Å²) in [5.74, 6) is -3.60. The molecule has 90 valence electrons. The van der Waals surface area contributed by atoms with Gasteiger partial charge in [-0.25, -0.2) is 8.78 Å². The van der Waals surface area contributed by atoms with Crippen LogP contribution < -0.4 is 0 Å². The number of alkyl halides is 9. The van der Waals surface area contributed by atoms with E-state index in [0.717, 1.165) is 0 Å². The maximum absolute atomic E-state index is 13.4. The van der Waals surface area contributed by atoms with Crippen LogP contribution in [0.15, 0.2) is 0 Å². The van der Waals surface area contributed by atoms with Crippen LogP contribution in [0.2, 0.25) is 0 Å². The summed E-state index contributed by atoms with van der Waals surface area (Å²) in [6, 6.07) is 0. The van der Waals surface area contributed by atoms with Gasteiger partial charge in [0.15, 0.2) is 8.67 Å². The van der Waals surface area contributed by atoms with Gasteiger partial charge >= 0.3 is 0 Å². The average molecular weight is 361 g/mol. The van der Waals surface area contributed by atoms with Crippen molar-refractivity contribution in [1.82, 2.24) is 0 Å². The molecule has 1 rings (SSSR count). The van der Waals surface area contributed by atoms with Crippen LogP contribution in [0.5, 0.6) is 0 Å². The van der Waals surface area contributed by atoms with Crippen molar-refractivity contribution in [2.45, 2.75) is 30.7 Å². The molecule has 1 fully saturated rings. The van der Waals surface area contributed by atoms with Crippen LogP contribution in [-0.4, -0.2) is 24.3 Å². The minimum absolute atomic E-state index is 0.921. The van der Waals surface area contributed by atoms with E-state index in [1.807, 2.05) is 0 Å². The minimum atomic E-state index is -3.60. The van der Waals surface area contributed by atoms with Gasteiger partial charge in [0.05, 0.1) is 5.38 Å². The largest absolute Gasteiger partial charge is 0.285 e. The van der Waals surface area contributed by atoms with Crippen molar-refractivity contribution in [3.05, 3.63) is 0 Å². The highest BCUT2D eigenvalue weighted by molar-refractivity contribution is 6.71. The van der Waals surface area contributed by atoms with Crippen LogP contribution in [0, 0.1) is 0 Å². The predicted molar refractivity (Wildman–Crippen MR) is 62.5 cm³/mol. The molecule has 1 atom stereocenters. The van der Waals surface area contributed by atoms with Crippen LogP contribution in [-0.2, 0) is 0 Å². The molecule has 0 amide bonds. The van der Waals surface area contributed by atoms with Gasteiger partial charge in [-0.1, -0.05) is 69.6 Å². The van der Waals surface area contributed by atoms with Gasteiger partial charge in [-0.05, 0) is 0 Å². The molecule has 15 heavy (non-hydrogen) atoms. The number of rotatable bonds is 0. The van der Waals surface area contributed by atoms with Crippen LogP contribution in [0.25, 0.3) is 0 Å². The maximum Gasteiger partial charge on any atom is 0.285 e. The van der Waals surface area contributed by atoms with Gasteiger partial charge in [0.25, 0.3) is 5.92 Å². The summed E-state index contributed by atoms with van der Waals surface area (Å²) < 4.78 is 19.5. The molecular weight excluding hydrogens is 358 g/mol. The lowest BCUT2D eigenvalue weighted by molar-refractivity contribution is -0.0467. The highest BCUT2D eigenvalue weighted by Gasteiger charge is 2.76. The zero-order valence-electron chi connectivity index (χ0n) is 6.69. The lowest BCUT2D eigenvalue weighted by Crippen LogP contribution is -2.67. The van der Waals surface area contributed by atoms with Gasteiger partial charge in [-0.3, -0.25) is 0 Å². The first-order chi connectivity index (χ1) is 6.38. The summed E-state index contributed by atoms with van der Waals surface area (Å²) >= 11 is 39.0. The molecule has 1 aliphatic rings. The van der Waals surface area contributed by atoms with E-state index in [2.05, 4.69) is 0 Å². The van der Waals surface area contributed by atoms with Crippen molar-refractivity contribution in [2.24, 2.45) is 0 Å². The Bertz CT molecular complexity index is 275. The second-order valence-corrected chi connectivity index (χ2v) is 7.72. The number of halogens is 9. The molecule has 9 heteroatoms. The summed E-state index contributed by atoms with van der Waals surface area (Å²) in [5.41, 5.74) is 0. The van der Waals surface area contributed by atoms with E-state index < -0.39 is 30.7 Å². The molecule has 0 radical (unpaired) electrons. The van der Waals surface area contributed by atoms with Crippen molar-refractivity contribution in [2.75, 3.05) is 0 Å². The molecule has 0 bridgehead atoms. The van der Waals surface area contributed by atoms with Gasteiger partial charge in [-0.15, -0.1) is 11.6 Å². The maximum atomic E-state index is 13.4. The van der Waals surface area contributed by atoms with Gasteiger partial charge in [0.2, 0.25) is 4.33 Å². The molecule has 1 saturated carbocycles. The van der Waals surface area contributed by atoms with E-state index in [1.54, 1.807) is 0 Å². The first-order valence-electron chi connectivity index (χ1n) is 3.53. The average Bonchev–Trinajstić information content (AvgIpc) is 2.00. The fourth-order valence-corrected chi connectivity index (χ4v) is 3.21. The summed E-state index contributed by atoms with van der Waals surface area (Å²) in [4.78, 5) is 0. The summed E-state index contributed by atoms with van der Waals surface area (Å²) in [6.07, 6.45) is -0.921. The topological polar surface area (TPSA) is 0 Å². The van der Waals surface area contributed by atoms with Crippen molar-refractivity contribution in [1.29, 1.82) is 0 Å². The third-order valence-electron chi connectivity index (χ3n) is 2.10. The molecule has 0 heterocycles. The lowest BCUT2D eigenvalue weighted by atomic mass is 9.93. The molecule has 0 aromatic rings. The summed E-state index contributed by atoms with van der Waals surface area (Å²) in [5, 5.41) is -1.38. The van der Waals surface area contributed by atoms with Gasteiger partial charge < -0.3 is 0 Å². The van der Waals surface area contributed by atoms with Gasteiger partial charge in [-0.2, -0.15) is 0 Å². The third-order valence-corrected chi connectivity index (χ3v) is 6.96. The van der Waals surface area contributed by atoms with Gasteiger partial charge in [0, 0.05) is 6.42 Å². The van der Waals surface area contributed by atoms with Crippen LogP contribution in [0.1, 0.15) is 6.42 Å². The second kappa shape index (κ2) is 3.94. The Morgan fingerprint density at radius 3 is 1.67 bits per heavy atom. The summed E-state index contributed by atoms with van der Waals surface area (Å²) in [7, 11) is 0. The smallest absolute Gasteiger partial charge is 0.203 e. The van der Waals surface area contributed by atoms with E-state index in [9.17, 15) is 8.78 Å². The van der Waals surface area contributed by atoms with E-state index in [0.29, 0.717) is 0 Å². The van der Waals surface area contributed by atoms with Crippen molar-refractivity contribution >= 4 is 81.2 Å². The fourth-order valence-electron chi connectivity index (χ4n) is 1.12. The van der Waals surface area contributed by atoms with Crippen molar-refractivity contribution < 1.29 is 8.78 Å². The Kier molecular flexibility index (Phi) is 3.93. The SMILES string of the molecule is FC1(F)CC(Cl)C(Cl)(Cl)C(Cl)(Cl)C1(Cl)Cl. The first kappa shape index (κ1) is 14.9. The summed E-state index contributed by atoms with van der Waals surface area (Å²) in [6.45, 7) is 0. The van der Waals surface area contributed by atoms with E-state index in [-0.39, 0.29) is 0 Å². The Labute approximate surface area is 120 Å². The number of hydrogen-bond acceptors (Lipinski definition) is 0. The molecule has 0 aromatic carbocycles. The molecule has 0 nitrogen and oxygen atoms in total. The van der Waals surface area contributed by atoms with Crippen LogP contribution >= 0.6 is 81.2 Å². The van der Waals surface area contributed by atoms with E-state index >= 15 is 0 Å². The molecule has 0 aromatic heterocycles. The first-order valence-corrected chi connectivity index (χ1v) is 6.23. The second-order valence-electron chi connectivity index (χ2n) is 3.15. The minimum Gasteiger partial charge on any atom is -0.203 e. The zero-order valence-corrected chi connectivity index (χ0v) is 12.0. The Morgan fingerprint density at radius 2 is 1.27 bits per heavy atom. The zero-order chi connectivity index (χ0) is 12.3. The quantitative estimate of drug-likeness (QED) is 0.523. The fraction of sp³-hybridized carbons (Fsp3) is 1.00.